The third-order valence-corrected chi connectivity index (χ3v) is 4.28. The molecule has 2 nitrogen and oxygen atoms in total. The average Bonchev–Trinajstić information content (AvgIpc) is 2.83. The van der Waals surface area contributed by atoms with Crippen LogP contribution in [-0.4, -0.2) is 4.98 Å². The van der Waals surface area contributed by atoms with E-state index in [2.05, 4.69) is 25.8 Å². The van der Waals surface area contributed by atoms with Crippen molar-refractivity contribution in [2.75, 3.05) is 0 Å². The topological polar surface area (TPSA) is 38.9 Å². The minimum Gasteiger partial charge on any atom is -0.323 e. The third-order valence-electron chi connectivity index (χ3n) is 3.41. The van der Waals surface area contributed by atoms with Crippen molar-refractivity contribution in [1.29, 1.82) is 0 Å². The molecule has 0 aliphatic carbocycles. The van der Waals surface area contributed by atoms with Gasteiger partial charge in [-0.05, 0) is 18.6 Å². The van der Waals surface area contributed by atoms with Crippen molar-refractivity contribution in [3.8, 4) is 0 Å². The molecule has 1 heterocycles. The maximum absolute atomic E-state index is 14.1. The second kappa shape index (κ2) is 5.81. The predicted molar refractivity (Wildman–Crippen MR) is 82.5 cm³/mol. The molecule has 0 aliphatic rings. The molecular formula is C16H20F2N2S. The van der Waals surface area contributed by atoms with Crippen LogP contribution in [0.4, 0.5) is 8.78 Å². The number of halogens is 2. The molecule has 1 unspecified atom stereocenters. The van der Waals surface area contributed by atoms with Gasteiger partial charge in [0.05, 0.1) is 10.7 Å². The highest BCUT2D eigenvalue weighted by atomic mass is 32.1. The first-order valence-electron chi connectivity index (χ1n) is 6.85. The van der Waals surface area contributed by atoms with Gasteiger partial charge >= 0.3 is 0 Å². The van der Waals surface area contributed by atoms with E-state index in [-0.39, 0.29) is 11.0 Å². The Labute approximate surface area is 128 Å². The second-order valence-electron chi connectivity index (χ2n) is 6.28. The molecule has 1 atom stereocenters. The fraction of sp³-hybridized carbons (Fsp3) is 0.438. The average molecular weight is 310 g/mol. The van der Waals surface area contributed by atoms with Crippen LogP contribution in [0, 0.1) is 18.6 Å². The van der Waals surface area contributed by atoms with Gasteiger partial charge in [-0.2, -0.15) is 0 Å². The van der Waals surface area contributed by atoms with Gasteiger partial charge in [0.25, 0.3) is 0 Å². The smallest absolute Gasteiger partial charge is 0.133 e. The number of rotatable bonds is 3. The SMILES string of the molecule is Cc1ccc(F)c(C(N)Cc2nc(C(C)(C)C)cs2)c1F. The summed E-state index contributed by atoms with van der Waals surface area (Å²) in [6.07, 6.45) is 0.331. The Hall–Kier alpha value is -1.33. The molecule has 0 aliphatic heterocycles. The van der Waals surface area contributed by atoms with Crippen molar-refractivity contribution >= 4 is 11.3 Å². The predicted octanol–water partition coefficient (Wildman–Crippen LogP) is 4.27. The van der Waals surface area contributed by atoms with Crippen LogP contribution in [0.1, 0.15) is 48.6 Å². The van der Waals surface area contributed by atoms with Crippen LogP contribution in [-0.2, 0) is 11.8 Å². The summed E-state index contributed by atoms with van der Waals surface area (Å²) in [6, 6.07) is 1.95. The van der Waals surface area contributed by atoms with E-state index in [0.29, 0.717) is 12.0 Å². The molecule has 0 bridgehead atoms. The van der Waals surface area contributed by atoms with E-state index in [9.17, 15) is 8.78 Å². The third kappa shape index (κ3) is 3.47. The van der Waals surface area contributed by atoms with Crippen LogP contribution >= 0.6 is 11.3 Å². The van der Waals surface area contributed by atoms with Crippen molar-refractivity contribution in [1.82, 2.24) is 4.98 Å². The molecule has 1 aromatic heterocycles. The number of aryl methyl sites for hydroxylation is 1. The van der Waals surface area contributed by atoms with Gasteiger partial charge < -0.3 is 5.73 Å². The summed E-state index contributed by atoms with van der Waals surface area (Å²) in [6.45, 7) is 7.83. The summed E-state index contributed by atoms with van der Waals surface area (Å²) in [5.74, 6) is -1.16. The zero-order chi connectivity index (χ0) is 15.8. The van der Waals surface area contributed by atoms with Crippen molar-refractivity contribution in [2.45, 2.75) is 45.6 Å². The van der Waals surface area contributed by atoms with E-state index >= 15 is 0 Å². The Balaban J connectivity index is 2.25. The van der Waals surface area contributed by atoms with E-state index in [1.165, 1.54) is 23.5 Å². The Morgan fingerprint density at radius 2 is 1.95 bits per heavy atom. The maximum Gasteiger partial charge on any atom is 0.133 e. The van der Waals surface area contributed by atoms with Crippen LogP contribution in [0.5, 0.6) is 0 Å². The lowest BCUT2D eigenvalue weighted by Gasteiger charge is -2.15. The van der Waals surface area contributed by atoms with Gasteiger partial charge in [0.15, 0.2) is 0 Å². The minimum atomic E-state index is -0.733. The number of hydrogen-bond acceptors (Lipinski definition) is 3. The molecule has 21 heavy (non-hydrogen) atoms. The van der Waals surface area contributed by atoms with Gasteiger partial charge in [-0.1, -0.05) is 26.8 Å². The lowest BCUT2D eigenvalue weighted by Crippen LogP contribution is -2.18. The zero-order valence-electron chi connectivity index (χ0n) is 12.7. The Bertz CT molecular complexity index is 644. The lowest BCUT2D eigenvalue weighted by molar-refractivity contribution is 0.518. The summed E-state index contributed by atoms with van der Waals surface area (Å²) >= 11 is 1.48. The molecule has 0 amide bonds. The van der Waals surface area contributed by atoms with E-state index in [0.717, 1.165) is 10.7 Å². The first-order valence-corrected chi connectivity index (χ1v) is 7.73. The Morgan fingerprint density at radius 3 is 2.52 bits per heavy atom. The fourth-order valence-corrected chi connectivity index (χ4v) is 3.14. The van der Waals surface area contributed by atoms with Crippen molar-refractivity contribution in [3.05, 3.63) is 51.0 Å². The number of hydrogen-bond donors (Lipinski definition) is 1. The summed E-state index contributed by atoms with van der Waals surface area (Å²) in [5.41, 5.74) is 7.28. The summed E-state index contributed by atoms with van der Waals surface area (Å²) in [4.78, 5) is 4.52. The largest absolute Gasteiger partial charge is 0.323 e. The summed E-state index contributed by atoms with van der Waals surface area (Å²) in [7, 11) is 0. The molecule has 114 valence electrons. The first-order chi connectivity index (χ1) is 9.70. The van der Waals surface area contributed by atoms with Crippen LogP contribution in [0.3, 0.4) is 0 Å². The molecule has 1 aromatic carbocycles. The molecular weight excluding hydrogens is 290 g/mol. The van der Waals surface area contributed by atoms with E-state index in [4.69, 9.17) is 5.73 Å². The molecule has 2 rings (SSSR count). The van der Waals surface area contributed by atoms with Gasteiger partial charge in [-0.15, -0.1) is 11.3 Å². The molecule has 0 saturated carbocycles. The second-order valence-corrected chi connectivity index (χ2v) is 7.22. The molecule has 5 heteroatoms. The summed E-state index contributed by atoms with van der Waals surface area (Å²) in [5, 5.41) is 2.78. The van der Waals surface area contributed by atoms with E-state index in [1.54, 1.807) is 6.92 Å². The van der Waals surface area contributed by atoms with Gasteiger partial charge in [-0.25, -0.2) is 13.8 Å². The van der Waals surface area contributed by atoms with Crippen molar-refractivity contribution in [3.63, 3.8) is 0 Å². The van der Waals surface area contributed by atoms with Gasteiger partial charge in [0, 0.05) is 28.8 Å². The maximum atomic E-state index is 14.1. The summed E-state index contributed by atoms with van der Waals surface area (Å²) < 4.78 is 27.9. The number of thiazole rings is 1. The molecule has 2 N–H and O–H groups in total. The molecule has 2 aromatic rings. The van der Waals surface area contributed by atoms with E-state index < -0.39 is 17.7 Å². The first kappa shape index (κ1) is 16.0. The highest BCUT2D eigenvalue weighted by Crippen LogP contribution is 2.28. The number of benzene rings is 1. The number of nitrogens with two attached hydrogens (primary N) is 1. The number of nitrogens with zero attached hydrogens (tertiary/aromatic N) is 1. The zero-order valence-corrected chi connectivity index (χ0v) is 13.5. The standard InChI is InChI=1S/C16H20F2N2S/c1-9-5-6-10(17)14(15(9)18)11(19)7-13-20-12(8-21-13)16(2,3)4/h5-6,8,11H,7,19H2,1-4H3. The lowest BCUT2D eigenvalue weighted by atomic mass is 9.93. The van der Waals surface area contributed by atoms with Crippen molar-refractivity contribution < 1.29 is 8.78 Å². The van der Waals surface area contributed by atoms with Gasteiger partial charge in [0.2, 0.25) is 0 Å². The quantitative estimate of drug-likeness (QED) is 0.919. The number of aromatic nitrogens is 1. The highest BCUT2D eigenvalue weighted by Gasteiger charge is 2.22. The van der Waals surface area contributed by atoms with Gasteiger partial charge in [0.1, 0.15) is 11.6 Å². The molecule has 0 saturated heterocycles. The molecule has 0 radical (unpaired) electrons. The Kier molecular flexibility index (Phi) is 4.44. The van der Waals surface area contributed by atoms with Crippen LogP contribution in [0.25, 0.3) is 0 Å². The van der Waals surface area contributed by atoms with Gasteiger partial charge in [-0.3, -0.25) is 0 Å². The molecule has 0 spiro atoms. The Morgan fingerprint density at radius 1 is 1.29 bits per heavy atom. The minimum absolute atomic E-state index is 0.0430. The van der Waals surface area contributed by atoms with Crippen LogP contribution in [0.15, 0.2) is 17.5 Å². The van der Waals surface area contributed by atoms with Crippen LogP contribution in [0.2, 0.25) is 0 Å². The normalized spacial score (nSPS) is 13.5. The molecule has 0 fully saturated rings. The highest BCUT2D eigenvalue weighted by molar-refractivity contribution is 7.09. The monoisotopic (exact) mass is 310 g/mol. The van der Waals surface area contributed by atoms with E-state index in [1.807, 2.05) is 5.38 Å². The van der Waals surface area contributed by atoms with Crippen LogP contribution < -0.4 is 5.73 Å². The fourth-order valence-electron chi connectivity index (χ4n) is 2.06. The van der Waals surface area contributed by atoms with Crippen molar-refractivity contribution in [2.24, 2.45) is 5.73 Å².